The topological polar surface area (TPSA) is 116 Å². The number of hydrogen-bond acceptors (Lipinski definition) is 6. The first kappa shape index (κ1) is 23.6. The number of amides is 3. The normalized spacial score (nSPS) is 20.9. The van der Waals surface area contributed by atoms with E-state index in [1.165, 1.54) is 22.5 Å². The van der Waals surface area contributed by atoms with Gasteiger partial charge in [-0.05, 0) is 36.4 Å². The van der Waals surface area contributed by atoms with E-state index in [0.717, 1.165) is 0 Å². The van der Waals surface area contributed by atoms with Gasteiger partial charge in [0, 0.05) is 49.9 Å². The molecule has 0 aromatic heterocycles. The van der Waals surface area contributed by atoms with Crippen molar-refractivity contribution in [3.63, 3.8) is 0 Å². The summed E-state index contributed by atoms with van der Waals surface area (Å²) in [5, 5.41) is 3.12. The minimum atomic E-state index is -3.83. The molecular weight excluding hydrogens is 496 g/mol. The second kappa shape index (κ2) is 9.14. The Balaban J connectivity index is 1.22. The van der Waals surface area contributed by atoms with Crippen LogP contribution in [0.1, 0.15) is 6.42 Å². The van der Waals surface area contributed by atoms with Crippen molar-refractivity contribution >= 4 is 50.7 Å². The molecule has 5 rings (SSSR count). The van der Waals surface area contributed by atoms with Crippen molar-refractivity contribution < 1.29 is 27.5 Å². The number of nitrogens with zero attached hydrogens (tertiary/aromatic N) is 3. The van der Waals surface area contributed by atoms with E-state index in [2.05, 4.69) is 5.32 Å². The summed E-state index contributed by atoms with van der Waals surface area (Å²) < 4.78 is 32.9. The highest BCUT2D eigenvalue weighted by Gasteiger charge is 2.39. The number of carbonyl (C=O) groups is 3. The van der Waals surface area contributed by atoms with E-state index >= 15 is 0 Å². The second-order valence-corrected chi connectivity index (χ2v) is 11.0. The Morgan fingerprint density at radius 1 is 1.06 bits per heavy atom. The van der Waals surface area contributed by atoms with Gasteiger partial charge in [0.2, 0.25) is 21.8 Å². The molecule has 184 valence electrons. The van der Waals surface area contributed by atoms with Gasteiger partial charge in [-0.15, -0.1) is 0 Å². The SMILES string of the molecule is O=C1COc2ccc(S(=O)(=O)N3CCN(C(=O)C4CC(=O)N(c5cccc(Cl)c5)C4)CC3)cc2N1. The highest BCUT2D eigenvalue weighted by atomic mass is 35.5. The van der Waals surface area contributed by atoms with E-state index in [1.54, 1.807) is 34.1 Å². The van der Waals surface area contributed by atoms with Gasteiger partial charge in [0.15, 0.2) is 6.61 Å². The maximum Gasteiger partial charge on any atom is 0.262 e. The van der Waals surface area contributed by atoms with Crippen LogP contribution in [0.2, 0.25) is 5.02 Å². The molecule has 1 atom stereocenters. The van der Waals surface area contributed by atoms with Gasteiger partial charge in [0.1, 0.15) is 5.75 Å². The minimum Gasteiger partial charge on any atom is -0.482 e. The second-order valence-electron chi connectivity index (χ2n) is 8.61. The van der Waals surface area contributed by atoms with Crippen molar-refractivity contribution in [2.75, 3.05) is 49.5 Å². The van der Waals surface area contributed by atoms with Crippen LogP contribution in [0.5, 0.6) is 5.75 Å². The molecule has 10 nitrogen and oxygen atoms in total. The van der Waals surface area contributed by atoms with Gasteiger partial charge in [0.05, 0.1) is 16.5 Å². The third-order valence-corrected chi connectivity index (χ3v) is 8.50. The zero-order valence-electron chi connectivity index (χ0n) is 18.6. The fourth-order valence-electron chi connectivity index (χ4n) is 4.55. The van der Waals surface area contributed by atoms with E-state index in [9.17, 15) is 22.8 Å². The van der Waals surface area contributed by atoms with Crippen LogP contribution in [-0.4, -0.2) is 74.7 Å². The summed E-state index contributed by atoms with van der Waals surface area (Å²) in [4.78, 5) is 40.4. The number of hydrogen-bond donors (Lipinski definition) is 1. The number of anilines is 2. The molecule has 1 unspecified atom stereocenters. The Bertz CT molecular complexity index is 1310. The molecule has 0 saturated carbocycles. The van der Waals surface area contributed by atoms with Crippen LogP contribution in [-0.2, 0) is 24.4 Å². The molecule has 2 fully saturated rings. The number of rotatable bonds is 4. The van der Waals surface area contributed by atoms with Crippen LogP contribution in [0.15, 0.2) is 47.4 Å². The lowest BCUT2D eigenvalue weighted by molar-refractivity contribution is -0.137. The highest BCUT2D eigenvalue weighted by molar-refractivity contribution is 7.89. The van der Waals surface area contributed by atoms with Crippen molar-refractivity contribution in [1.82, 2.24) is 9.21 Å². The molecule has 12 heteroatoms. The number of fused-ring (bicyclic) bond motifs is 1. The van der Waals surface area contributed by atoms with Crippen molar-refractivity contribution in [3.8, 4) is 5.75 Å². The Kier molecular flexibility index (Phi) is 6.16. The number of piperazine rings is 1. The number of carbonyl (C=O) groups excluding carboxylic acids is 3. The smallest absolute Gasteiger partial charge is 0.262 e. The van der Waals surface area contributed by atoms with Gasteiger partial charge in [-0.2, -0.15) is 4.31 Å². The summed E-state index contributed by atoms with van der Waals surface area (Å²) in [6.07, 6.45) is 0.104. The number of nitrogens with one attached hydrogen (secondary N) is 1. The van der Waals surface area contributed by atoms with Crippen LogP contribution in [0.25, 0.3) is 0 Å². The molecule has 0 radical (unpaired) electrons. The number of halogens is 1. The van der Waals surface area contributed by atoms with Crippen LogP contribution in [0.3, 0.4) is 0 Å². The molecule has 3 amide bonds. The van der Waals surface area contributed by atoms with Gasteiger partial charge in [-0.1, -0.05) is 17.7 Å². The zero-order valence-corrected chi connectivity index (χ0v) is 20.2. The largest absolute Gasteiger partial charge is 0.482 e. The predicted molar refractivity (Wildman–Crippen MR) is 128 cm³/mol. The third kappa shape index (κ3) is 4.58. The Morgan fingerprint density at radius 2 is 1.83 bits per heavy atom. The summed E-state index contributed by atoms with van der Waals surface area (Å²) in [5.41, 5.74) is 0.964. The summed E-state index contributed by atoms with van der Waals surface area (Å²) >= 11 is 6.04. The third-order valence-electron chi connectivity index (χ3n) is 6.37. The maximum atomic E-state index is 13.2. The van der Waals surface area contributed by atoms with Gasteiger partial charge < -0.3 is 19.9 Å². The summed E-state index contributed by atoms with van der Waals surface area (Å²) in [5.74, 6) is -0.729. The first-order valence-electron chi connectivity index (χ1n) is 11.1. The molecule has 2 saturated heterocycles. The lowest BCUT2D eigenvalue weighted by Crippen LogP contribution is -2.52. The standard InChI is InChI=1S/C23H23ClN4O6S/c24-16-2-1-3-17(11-16)28-13-15(10-22(28)30)23(31)26-6-8-27(9-7-26)35(32,33)18-4-5-20-19(12-18)25-21(29)14-34-20/h1-5,11-12,15H,6-10,13-14H2,(H,25,29). The van der Waals surface area contributed by atoms with Crippen LogP contribution in [0, 0.1) is 5.92 Å². The van der Waals surface area contributed by atoms with Crippen molar-refractivity contribution in [1.29, 1.82) is 0 Å². The minimum absolute atomic E-state index is 0.0420. The monoisotopic (exact) mass is 518 g/mol. The summed E-state index contributed by atoms with van der Waals surface area (Å²) in [7, 11) is -3.83. The van der Waals surface area contributed by atoms with Crippen molar-refractivity contribution in [2.45, 2.75) is 11.3 Å². The van der Waals surface area contributed by atoms with Crippen molar-refractivity contribution in [3.05, 3.63) is 47.5 Å². The van der Waals surface area contributed by atoms with Crippen LogP contribution < -0.4 is 15.0 Å². The fraction of sp³-hybridized carbons (Fsp3) is 0.348. The van der Waals surface area contributed by atoms with E-state index in [-0.39, 0.29) is 68.4 Å². The van der Waals surface area contributed by atoms with Gasteiger partial charge in [-0.25, -0.2) is 8.42 Å². The Morgan fingerprint density at radius 3 is 2.57 bits per heavy atom. The van der Waals surface area contributed by atoms with E-state index < -0.39 is 15.9 Å². The molecule has 3 heterocycles. The van der Waals surface area contributed by atoms with Crippen molar-refractivity contribution in [2.24, 2.45) is 5.92 Å². The van der Waals surface area contributed by atoms with E-state index in [4.69, 9.17) is 16.3 Å². The molecular formula is C23H23ClN4O6S. The maximum absolute atomic E-state index is 13.2. The van der Waals surface area contributed by atoms with Gasteiger partial charge >= 0.3 is 0 Å². The molecule has 2 aromatic rings. The van der Waals surface area contributed by atoms with Gasteiger partial charge in [-0.3, -0.25) is 14.4 Å². The number of sulfonamides is 1. The molecule has 3 aliphatic rings. The predicted octanol–water partition coefficient (Wildman–Crippen LogP) is 1.56. The Hall–Kier alpha value is -3.15. The lowest BCUT2D eigenvalue weighted by Gasteiger charge is -2.35. The zero-order chi connectivity index (χ0) is 24.7. The number of benzene rings is 2. The molecule has 1 N–H and O–H groups in total. The summed E-state index contributed by atoms with van der Waals surface area (Å²) in [6.45, 7) is 0.868. The van der Waals surface area contributed by atoms with Crippen LogP contribution in [0.4, 0.5) is 11.4 Å². The quantitative estimate of drug-likeness (QED) is 0.656. The molecule has 0 aliphatic carbocycles. The van der Waals surface area contributed by atoms with E-state index in [0.29, 0.717) is 22.1 Å². The number of ether oxygens (including phenoxy) is 1. The molecule has 3 aliphatic heterocycles. The average molecular weight is 519 g/mol. The lowest BCUT2D eigenvalue weighted by atomic mass is 10.1. The fourth-order valence-corrected chi connectivity index (χ4v) is 6.18. The Labute approximate surface area is 207 Å². The van der Waals surface area contributed by atoms with E-state index in [1.807, 2.05) is 0 Å². The summed E-state index contributed by atoms with van der Waals surface area (Å²) in [6, 6.07) is 11.3. The van der Waals surface area contributed by atoms with Gasteiger partial charge in [0.25, 0.3) is 5.91 Å². The molecule has 0 spiro atoms. The molecule has 2 aromatic carbocycles. The first-order valence-corrected chi connectivity index (χ1v) is 13.0. The van der Waals surface area contributed by atoms with Crippen LogP contribution >= 0.6 is 11.6 Å². The highest BCUT2D eigenvalue weighted by Crippen LogP contribution is 2.32. The average Bonchev–Trinajstić information content (AvgIpc) is 3.24. The molecule has 0 bridgehead atoms. The molecule has 35 heavy (non-hydrogen) atoms. The first-order chi connectivity index (χ1) is 16.7.